The normalized spacial score (nSPS) is 13.8. The van der Waals surface area contributed by atoms with Crippen molar-refractivity contribution in [2.75, 3.05) is 24.8 Å². The smallest absolute Gasteiger partial charge is 0.255 e. The monoisotopic (exact) mass is 361 g/mol. The van der Waals surface area contributed by atoms with Gasteiger partial charge in [-0.3, -0.25) is 4.79 Å². The van der Waals surface area contributed by atoms with E-state index in [1.807, 2.05) is 0 Å². The number of ether oxygens (including phenoxy) is 2. The summed E-state index contributed by atoms with van der Waals surface area (Å²) in [5, 5.41) is 2.78. The minimum atomic E-state index is -3.38. The molecule has 1 amide bonds. The second-order valence-corrected chi connectivity index (χ2v) is 7.93. The first kappa shape index (κ1) is 17.3. The Hall–Kier alpha value is -2.54. The quantitative estimate of drug-likeness (QED) is 0.909. The topological polar surface area (TPSA) is 81.7 Å². The molecule has 0 fully saturated rings. The van der Waals surface area contributed by atoms with Crippen LogP contribution in [0.1, 0.15) is 22.3 Å². The summed E-state index contributed by atoms with van der Waals surface area (Å²) in [6.07, 6.45) is 1.91. The van der Waals surface area contributed by atoms with Crippen molar-refractivity contribution < 1.29 is 22.7 Å². The number of fused-ring (bicyclic) bond motifs is 1. The van der Waals surface area contributed by atoms with Crippen LogP contribution in [-0.4, -0.2) is 33.8 Å². The predicted molar refractivity (Wildman–Crippen MR) is 94.3 cm³/mol. The molecule has 1 heterocycles. The van der Waals surface area contributed by atoms with Crippen LogP contribution in [0, 0.1) is 6.92 Å². The van der Waals surface area contributed by atoms with E-state index >= 15 is 0 Å². The summed E-state index contributed by atoms with van der Waals surface area (Å²) in [6, 6.07) is 9.68. The Morgan fingerprint density at radius 1 is 1.04 bits per heavy atom. The number of sulfone groups is 1. The van der Waals surface area contributed by atoms with Gasteiger partial charge in [0.15, 0.2) is 21.3 Å². The SMILES string of the molecule is Cc1ccc(S(C)(=O)=O)cc1C(=O)Nc1ccc2c(c1)OCCCO2. The molecule has 3 rings (SSSR count). The fourth-order valence-corrected chi connectivity index (χ4v) is 3.16. The van der Waals surface area contributed by atoms with Crippen molar-refractivity contribution in [2.45, 2.75) is 18.2 Å². The van der Waals surface area contributed by atoms with E-state index in [0.29, 0.717) is 41.5 Å². The predicted octanol–water partition coefficient (Wildman–Crippen LogP) is 2.81. The van der Waals surface area contributed by atoms with Gasteiger partial charge in [0.25, 0.3) is 5.91 Å². The van der Waals surface area contributed by atoms with Crippen LogP contribution in [0.4, 0.5) is 5.69 Å². The fourth-order valence-electron chi connectivity index (χ4n) is 2.52. The van der Waals surface area contributed by atoms with E-state index in [9.17, 15) is 13.2 Å². The zero-order valence-electron chi connectivity index (χ0n) is 14.0. The molecular formula is C18H19NO5S. The summed E-state index contributed by atoms with van der Waals surface area (Å²) in [5.74, 6) is 0.847. The van der Waals surface area contributed by atoms with E-state index in [1.165, 1.54) is 12.1 Å². The lowest BCUT2D eigenvalue weighted by molar-refractivity contribution is 0.102. The third-order valence-electron chi connectivity index (χ3n) is 3.89. The van der Waals surface area contributed by atoms with Gasteiger partial charge < -0.3 is 14.8 Å². The van der Waals surface area contributed by atoms with Gasteiger partial charge in [-0.25, -0.2) is 8.42 Å². The molecule has 0 aromatic heterocycles. The van der Waals surface area contributed by atoms with Crippen molar-refractivity contribution in [3.05, 3.63) is 47.5 Å². The standard InChI is InChI=1S/C18H19NO5S/c1-12-4-6-14(25(2,21)22)11-15(12)18(20)19-13-5-7-16-17(10-13)24-9-3-8-23-16/h4-7,10-11H,3,8-9H2,1-2H3,(H,19,20). The summed E-state index contributed by atoms with van der Waals surface area (Å²) in [5.41, 5.74) is 1.56. The largest absolute Gasteiger partial charge is 0.490 e. The summed E-state index contributed by atoms with van der Waals surface area (Å²) in [7, 11) is -3.38. The molecule has 0 aliphatic carbocycles. The zero-order valence-corrected chi connectivity index (χ0v) is 14.9. The van der Waals surface area contributed by atoms with Gasteiger partial charge in [0.05, 0.1) is 18.1 Å². The van der Waals surface area contributed by atoms with E-state index in [-0.39, 0.29) is 10.8 Å². The molecule has 132 valence electrons. The van der Waals surface area contributed by atoms with Gasteiger partial charge >= 0.3 is 0 Å². The molecule has 1 aliphatic rings. The van der Waals surface area contributed by atoms with E-state index in [4.69, 9.17) is 9.47 Å². The van der Waals surface area contributed by atoms with Crippen LogP contribution < -0.4 is 14.8 Å². The van der Waals surface area contributed by atoms with Crippen LogP contribution in [0.2, 0.25) is 0 Å². The molecule has 0 radical (unpaired) electrons. The van der Waals surface area contributed by atoms with E-state index < -0.39 is 9.84 Å². The molecule has 2 aromatic rings. The first-order valence-electron chi connectivity index (χ1n) is 7.86. The maximum absolute atomic E-state index is 12.6. The molecule has 0 saturated heterocycles. The van der Waals surface area contributed by atoms with Gasteiger partial charge in [-0.2, -0.15) is 0 Å². The highest BCUT2D eigenvalue weighted by molar-refractivity contribution is 7.90. The lowest BCUT2D eigenvalue weighted by Gasteiger charge is -2.12. The molecule has 7 heteroatoms. The molecular weight excluding hydrogens is 342 g/mol. The molecule has 25 heavy (non-hydrogen) atoms. The number of amides is 1. The van der Waals surface area contributed by atoms with Gasteiger partial charge in [-0.05, 0) is 36.8 Å². The van der Waals surface area contributed by atoms with Gasteiger partial charge in [-0.1, -0.05) is 6.07 Å². The molecule has 0 unspecified atom stereocenters. The van der Waals surface area contributed by atoms with E-state index in [2.05, 4.69) is 5.32 Å². The summed E-state index contributed by atoms with van der Waals surface area (Å²) < 4.78 is 34.6. The number of carbonyl (C=O) groups excluding carboxylic acids is 1. The fraction of sp³-hybridized carbons (Fsp3) is 0.278. The first-order valence-corrected chi connectivity index (χ1v) is 9.75. The second kappa shape index (κ2) is 6.76. The molecule has 6 nitrogen and oxygen atoms in total. The molecule has 0 spiro atoms. The Morgan fingerprint density at radius 3 is 2.48 bits per heavy atom. The van der Waals surface area contributed by atoms with Gasteiger partial charge in [-0.15, -0.1) is 0 Å². The van der Waals surface area contributed by atoms with Crippen LogP contribution >= 0.6 is 0 Å². The number of hydrogen-bond donors (Lipinski definition) is 1. The maximum Gasteiger partial charge on any atom is 0.255 e. The number of hydrogen-bond acceptors (Lipinski definition) is 5. The first-order chi connectivity index (χ1) is 11.8. The van der Waals surface area contributed by atoms with E-state index in [1.54, 1.807) is 31.2 Å². The summed E-state index contributed by atoms with van der Waals surface area (Å²) >= 11 is 0. The molecule has 2 aromatic carbocycles. The van der Waals surface area contributed by atoms with Crippen LogP contribution in [0.3, 0.4) is 0 Å². The average Bonchev–Trinajstić information content (AvgIpc) is 2.79. The Bertz CT molecular complexity index is 921. The third kappa shape index (κ3) is 3.93. The van der Waals surface area contributed by atoms with Crippen molar-refractivity contribution >= 4 is 21.4 Å². The number of nitrogens with one attached hydrogen (secondary N) is 1. The van der Waals surface area contributed by atoms with Crippen molar-refractivity contribution in [1.82, 2.24) is 0 Å². The third-order valence-corrected chi connectivity index (χ3v) is 5.00. The highest BCUT2D eigenvalue weighted by Gasteiger charge is 2.16. The molecule has 0 bridgehead atoms. The van der Waals surface area contributed by atoms with Crippen LogP contribution in [0.5, 0.6) is 11.5 Å². The lowest BCUT2D eigenvalue weighted by atomic mass is 10.1. The maximum atomic E-state index is 12.6. The Labute approximate surface area is 146 Å². The number of aryl methyl sites for hydroxylation is 1. The molecule has 1 aliphatic heterocycles. The van der Waals surface area contributed by atoms with E-state index in [0.717, 1.165) is 12.7 Å². The minimum absolute atomic E-state index is 0.113. The van der Waals surface area contributed by atoms with Crippen molar-refractivity contribution in [3.63, 3.8) is 0 Å². The van der Waals surface area contributed by atoms with Crippen LogP contribution in [0.15, 0.2) is 41.3 Å². The Kier molecular flexibility index (Phi) is 4.67. The number of benzene rings is 2. The molecule has 0 saturated carbocycles. The van der Waals surface area contributed by atoms with Gasteiger partial charge in [0.1, 0.15) is 0 Å². The number of carbonyl (C=O) groups is 1. The minimum Gasteiger partial charge on any atom is -0.490 e. The highest BCUT2D eigenvalue weighted by atomic mass is 32.2. The summed E-state index contributed by atoms with van der Waals surface area (Å²) in [6.45, 7) is 2.91. The van der Waals surface area contributed by atoms with Crippen molar-refractivity contribution in [3.8, 4) is 11.5 Å². The Balaban J connectivity index is 1.87. The second-order valence-electron chi connectivity index (χ2n) is 5.92. The highest BCUT2D eigenvalue weighted by Crippen LogP contribution is 2.32. The summed E-state index contributed by atoms with van der Waals surface area (Å²) in [4.78, 5) is 12.7. The molecule has 0 atom stereocenters. The Morgan fingerprint density at radius 2 is 1.76 bits per heavy atom. The zero-order chi connectivity index (χ0) is 18.0. The number of rotatable bonds is 3. The van der Waals surface area contributed by atoms with Crippen LogP contribution in [0.25, 0.3) is 0 Å². The number of anilines is 1. The molecule has 1 N–H and O–H groups in total. The van der Waals surface area contributed by atoms with Gasteiger partial charge in [0.2, 0.25) is 0 Å². The van der Waals surface area contributed by atoms with Crippen LogP contribution in [-0.2, 0) is 9.84 Å². The lowest BCUT2D eigenvalue weighted by Crippen LogP contribution is -2.14. The van der Waals surface area contributed by atoms with Gasteiger partial charge in [0, 0.05) is 30.0 Å². The van der Waals surface area contributed by atoms with Crippen molar-refractivity contribution in [2.24, 2.45) is 0 Å². The van der Waals surface area contributed by atoms with Crippen molar-refractivity contribution in [1.29, 1.82) is 0 Å². The average molecular weight is 361 g/mol.